The summed E-state index contributed by atoms with van der Waals surface area (Å²) in [7, 11) is 0. The van der Waals surface area contributed by atoms with Crippen molar-refractivity contribution in [1.82, 2.24) is 4.90 Å². The fraction of sp³-hybridized carbons (Fsp3) is 0.357. The number of aliphatic hydroxyl groups excluding tert-OH is 1. The molecule has 1 aliphatic rings. The predicted molar refractivity (Wildman–Crippen MR) is 68.1 cm³/mol. The third kappa shape index (κ3) is 2.38. The molecule has 0 saturated carbocycles. The van der Waals surface area contributed by atoms with E-state index in [1.54, 1.807) is 11.0 Å². The molecular formula is C14H17NO3. The van der Waals surface area contributed by atoms with Gasteiger partial charge in [0.15, 0.2) is 0 Å². The number of rotatable bonds is 5. The normalized spacial score (nSPS) is 20.6. The van der Waals surface area contributed by atoms with E-state index in [4.69, 9.17) is 4.74 Å². The van der Waals surface area contributed by atoms with Crippen molar-refractivity contribution >= 4 is 6.09 Å². The van der Waals surface area contributed by atoms with Crippen LogP contribution in [0.2, 0.25) is 0 Å². The molecule has 1 heterocycles. The molecule has 0 unspecified atom stereocenters. The average molecular weight is 247 g/mol. The molecule has 1 saturated heterocycles. The quantitative estimate of drug-likeness (QED) is 0.811. The average Bonchev–Trinajstić information content (AvgIpc) is 2.75. The van der Waals surface area contributed by atoms with E-state index in [0.717, 1.165) is 5.56 Å². The number of carbonyl (C=O) groups is 1. The van der Waals surface area contributed by atoms with Gasteiger partial charge in [0, 0.05) is 0 Å². The number of amides is 1. The zero-order valence-corrected chi connectivity index (χ0v) is 10.2. The van der Waals surface area contributed by atoms with E-state index < -0.39 is 0 Å². The number of benzene rings is 1. The number of cyclic esters (lactones) is 1. The van der Waals surface area contributed by atoms with Gasteiger partial charge in [-0.2, -0.15) is 0 Å². The number of nitrogens with zero attached hydrogens (tertiary/aromatic N) is 1. The van der Waals surface area contributed by atoms with Gasteiger partial charge in [0.25, 0.3) is 0 Å². The van der Waals surface area contributed by atoms with Crippen LogP contribution in [0.3, 0.4) is 0 Å². The molecule has 0 radical (unpaired) electrons. The van der Waals surface area contributed by atoms with E-state index in [9.17, 15) is 9.90 Å². The van der Waals surface area contributed by atoms with Gasteiger partial charge in [0.1, 0.15) is 6.61 Å². The molecule has 1 fully saturated rings. The van der Waals surface area contributed by atoms with Crippen molar-refractivity contribution in [1.29, 1.82) is 0 Å². The number of ether oxygens (including phenoxy) is 1. The molecule has 1 aromatic rings. The lowest BCUT2D eigenvalue weighted by Gasteiger charge is -2.29. The monoisotopic (exact) mass is 247 g/mol. The van der Waals surface area contributed by atoms with E-state index in [2.05, 4.69) is 6.58 Å². The van der Waals surface area contributed by atoms with E-state index in [1.165, 1.54) is 0 Å². The summed E-state index contributed by atoms with van der Waals surface area (Å²) >= 11 is 0. The first-order valence-electron chi connectivity index (χ1n) is 5.99. The summed E-state index contributed by atoms with van der Waals surface area (Å²) in [4.78, 5) is 13.4. The Morgan fingerprint density at radius 2 is 2.22 bits per heavy atom. The van der Waals surface area contributed by atoms with Gasteiger partial charge < -0.3 is 9.84 Å². The molecule has 0 bridgehead atoms. The van der Waals surface area contributed by atoms with Crippen molar-refractivity contribution in [3.8, 4) is 0 Å². The van der Waals surface area contributed by atoms with Crippen molar-refractivity contribution in [3.05, 3.63) is 48.6 Å². The largest absolute Gasteiger partial charge is 0.447 e. The van der Waals surface area contributed by atoms with Gasteiger partial charge in [0.2, 0.25) is 0 Å². The van der Waals surface area contributed by atoms with Crippen LogP contribution in [0, 0.1) is 0 Å². The molecule has 96 valence electrons. The van der Waals surface area contributed by atoms with Crippen LogP contribution in [-0.4, -0.2) is 35.4 Å². The Morgan fingerprint density at radius 3 is 2.83 bits per heavy atom. The Labute approximate surface area is 106 Å². The second-order valence-electron chi connectivity index (χ2n) is 4.27. The number of carbonyl (C=O) groups excluding carboxylic acids is 1. The lowest BCUT2D eigenvalue weighted by molar-refractivity contribution is 0.116. The standard InChI is InChI=1S/C14H17NO3/c1-2-6-12-10-18-14(17)15(12)13(9-16)11-7-4-3-5-8-11/h2-5,7-8,12-13,16H,1,6,9-10H2/t12-,13-/m0/s1. The molecule has 0 aliphatic carbocycles. The fourth-order valence-corrected chi connectivity index (χ4v) is 2.26. The molecule has 2 atom stereocenters. The molecule has 1 N–H and O–H groups in total. The highest BCUT2D eigenvalue weighted by molar-refractivity contribution is 5.71. The van der Waals surface area contributed by atoms with Crippen molar-refractivity contribution in [2.24, 2.45) is 0 Å². The highest BCUT2D eigenvalue weighted by atomic mass is 16.6. The SMILES string of the molecule is C=CC[C@H]1COC(=O)N1[C@@H](CO)c1ccccc1. The van der Waals surface area contributed by atoms with Gasteiger partial charge in [-0.1, -0.05) is 36.4 Å². The summed E-state index contributed by atoms with van der Waals surface area (Å²) in [5, 5.41) is 9.57. The van der Waals surface area contributed by atoms with Crippen LogP contribution < -0.4 is 0 Å². The second kappa shape index (κ2) is 5.69. The minimum Gasteiger partial charge on any atom is -0.447 e. The van der Waals surface area contributed by atoms with Crippen molar-refractivity contribution in [2.45, 2.75) is 18.5 Å². The summed E-state index contributed by atoms with van der Waals surface area (Å²) in [5.74, 6) is 0. The van der Waals surface area contributed by atoms with Gasteiger partial charge in [-0.25, -0.2) is 4.79 Å². The van der Waals surface area contributed by atoms with Gasteiger partial charge in [-0.3, -0.25) is 4.90 Å². The van der Waals surface area contributed by atoms with Crippen LogP contribution in [0.5, 0.6) is 0 Å². The highest BCUT2D eigenvalue weighted by Crippen LogP contribution is 2.28. The lowest BCUT2D eigenvalue weighted by Crippen LogP contribution is -2.38. The second-order valence-corrected chi connectivity index (χ2v) is 4.27. The first-order chi connectivity index (χ1) is 8.77. The zero-order valence-electron chi connectivity index (χ0n) is 10.2. The molecule has 2 rings (SSSR count). The third-order valence-electron chi connectivity index (χ3n) is 3.14. The molecule has 1 amide bonds. The summed E-state index contributed by atoms with van der Waals surface area (Å²) in [6.45, 7) is 3.92. The van der Waals surface area contributed by atoms with Crippen LogP contribution in [-0.2, 0) is 4.74 Å². The maximum Gasteiger partial charge on any atom is 0.410 e. The Bertz CT molecular complexity index is 418. The summed E-state index contributed by atoms with van der Waals surface area (Å²) in [5.41, 5.74) is 0.910. The predicted octanol–water partition coefficient (Wildman–Crippen LogP) is 2.12. The topological polar surface area (TPSA) is 49.8 Å². The van der Waals surface area contributed by atoms with Crippen molar-refractivity contribution < 1.29 is 14.6 Å². The Hall–Kier alpha value is -1.81. The number of hydrogen-bond donors (Lipinski definition) is 1. The number of hydrogen-bond acceptors (Lipinski definition) is 3. The lowest BCUT2D eigenvalue weighted by atomic mass is 10.0. The Kier molecular flexibility index (Phi) is 3.99. The molecule has 4 nitrogen and oxygen atoms in total. The van der Waals surface area contributed by atoms with E-state index >= 15 is 0 Å². The van der Waals surface area contributed by atoms with Crippen molar-refractivity contribution in [3.63, 3.8) is 0 Å². The minimum atomic E-state index is -0.371. The first kappa shape index (κ1) is 12.6. The van der Waals surface area contributed by atoms with Gasteiger partial charge in [-0.05, 0) is 12.0 Å². The van der Waals surface area contributed by atoms with E-state index in [1.807, 2.05) is 30.3 Å². The summed E-state index contributed by atoms with van der Waals surface area (Å²) in [6.07, 6.45) is 2.05. The molecule has 0 aromatic heterocycles. The number of aliphatic hydroxyl groups is 1. The van der Waals surface area contributed by atoms with E-state index in [0.29, 0.717) is 13.0 Å². The van der Waals surface area contributed by atoms with Crippen LogP contribution in [0.15, 0.2) is 43.0 Å². The molecule has 0 spiro atoms. The maximum absolute atomic E-state index is 11.8. The molecule has 1 aromatic carbocycles. The van der Waals surface area contributed by atoms with Crippen molar-refractivity contribution in [2.75, 3.05) is 13.2 Å². The van der Waals surface area contributed by atoms with Gasteiger partial charge in [0.05, 0.1) is 18.7 Å². The zero-order chi connectivity index (χ0) is 13.0. The van der Waals surface area contributed by atoms with Crippen LogP contribution in [0.4, 0.5) is 4.79 Å². The van der Waals surface area contributed by atoms with Crippen LogP contribution >= 0.6 is 0 Å². The molecule has 4 heteroatoms. The van der Waals surface area contributed by atoms with Crippen LogP contribution in [0.1, 0.15) is 18.0 Å². The molecule has 1 aliphatic heterocycles. The summed E-state index contributed by atoms with van der Waals surface area (Å²) in [6, 6.07) is 9.08. The highest BCUT2D eigenvalue weighted by Gasteiger charge is 2.37. The molecule has 18 heavy (non-hydrogen) atoms. The third-order valence-corrected chi connectivity index (χ3v) is 3.14. The maximum atomic E-state index is 11.8. The van der Waals surface area contributed by atoms with Gasteiger partial charge in [-0.15, -0.1) is 6.58 Å². The van der Waals surface area contributed by atoms with E-state index in [-0.39, 0.29) is 24.8 Å². The summed E-state index contributed by atoms with van der Waals surface area (Å²) < 4.78 is 5.06. The Balaban J connectivity index is 2.25. The Morgan fingerprint density at radius 1 is 1.50 bits per heavy atom. The molecular weight excluding hydrogens is 230 g/mol. The first-order valence-corrected chi connectivity index (χ1v) is 5.99. The smallest absolute Gasteiger partial charge is 0.410 e. The minimum absolute atomic E-state index is 0.0487. The van der Waals surface area contributed by atoms with Gasteiger partial charge >= 0.3 is 6.09 Å². The fourth-order valence-electron chi connectivity index (χ4n) is 2.26. The van der Waals surface area contributed by atoms with Crippen LogP contribution in [0.25, 0.3) is 0 Å².